The molecule has 0 unspecified atom stereocenters. The van der Waals surface area contributed by atoms with Gasteiger partial charge in [-0.1, -0.05) is 18.2 Å². The van der Waals surface area contributed by atoms with Gasteiger partial charge in [-0.05, 0) is 24.3 Å². The van der Waals surface area contributed by atoms with Crippen LogP contribution in [0.4, 0.5) is 5.69 Å². The highest BCUT2D eigenvalue weighted by Crippen LogP contribution is 2.13. The molecule has 3 rings (SSSR count). The van der Waals surface area contributed by atoms with Crippen LogP contribution in [0.1, 0.15) is 0 Å². The summed E-state index contributed by atoms with van der Waals surface area (Å²) in [5, 5.41) is 3.15. The summed E-state index contributed by atoms with van der Waals surface area (Å²) in [5.74, 6) is 0.918. The van der Waals surface area contributed by atoms with Crippen LogP contribution >= 0.6 is 0 Å². The summed E-state index contributed by atoms with van der Waals surface area (Å²) >= 11 is 0. The summed E-state index contributed by atoms with van der Waals surface area (Å²) in [7, 11) is 0. The number of hydrogen-bond donors (Lipinski definition) is 2. The maximum absolute atomic E-state index is 6.00. The Morgan fingerprint density at radius 1 is 1.00 bits per heavy atom. The van der Waals surface area contributed by atoms with E-state index in [0.717, 1.165) is 11.5 Å². The third kappa shape index (κ3) is 1.98. The van der Waals surface area contributed by atoms with E-state index in [2.05, 4.69) is 5.10 Å². The molecule has 92 valence electrons. The molecule has 2 aromatic heterocycles. The number of nitrogens with zero attached hydrogens (tertiary/aromatic N) is 2. The molecular weight excluding hydrogens is 248 g/mol. The van der Waals surface area contributed by atoms with Crippen LogP contribution in [0.3, 0.4) is 0 Å². The molecular formula is C13H13ClN4. The van der Waals surface area contributed by atoms with Crippen molar-refractivity contribution in [1.82, 2.24) is 9.67 Å². The normalized spacial score (nSPS) is 10.0. The first-order chi connectivity index (χ1) is 8.36. The van der Waals surface area contributed by atoms with Crippen molar-refractivity contribution in [2.45, 2.75) is 0 Å². The molecule has 0 aliphatic rings. The van der Waals surface area contributed by atoms with E-state index in [1.165, 1.54) is 0 Å². The van der Waals surface area contributed by atoms with Crippen LogP contribution in [0.25, 0.3) is 11.5 Å². The fourth-order valence-corrected chi connectivity index (χ4v) is 1.90. The minimum Gasteiger partial charge on any atom is -1.00 e. The van der Waals surface area contributed by atoms with E-state index < -0.39 is 0 Å². The van der Waals surface area contributed by atoms with Crippen LogP contribution in [0.2, 0.25) is 0 Å². The molecule has 3 N–H and O–H groups in total. The van der Waals surface area contributed by atoms with Gasteiger partial charge in [0.2, 0.25) is 0 Å². The van der Waals surface area contributed by atoms with Gasteiger partial charge < -0.3 is 18.1 Å². The van der Waals surface area contributed by atoms with Gasteiger partial charge in [0.15, 0.2) is 5.69 Å². The van der Waals surface area contributed by atoms with E-state index in [0.29, 0.717) is 5.69 Å². The Balaban J connectivity index is 0.00000120. The van der Waals surface area contributed by atoms with Gasteiger partial charge in [-0.25, -0.2) is 9.67 Å². The lowest BCUT2D eigenvalue weighted by Gasteiger charge is -2.00. The molecule has 0 bridgehead atoms. The van der Waals surface area contributed by atoms with E-state index in [-0.39, 0.29) is 12.4 Å². The Labute approximate surface area is 111 Å². The Morgan fingerprint density at radius 3 is 2.33 bits per heavy atom. The van der Waals surface area contributed by atoms with Crippen molar-refractivity contribution in [3.8, 4) is 11.5 Å². The SMILES string of the molecule is Nc1c[nH][n+](-c2ccccc2)c1-n1cccc1.[Cl-]. The predicted octanol–water partition coefficient (Wildman–Crippen LogP) is -1.33. The van der Waals surface area contributed by atoms with E-state index in [4.69, 9.17) is 5.73 Å². The van der Waals surface area contributed by atoms with Gasteiger partial charge >= 0.3 is 5.82 Å². The van der Waals surface area contributed by atoms with Crippen LogP contribution < -0.4 is 22.8 Å². The van der Waals surface area contributed by atoms with Crippen LogP contribution in [0.5, 0.6) is 0 Å². The molecule has 0 radical (unpaired) electrons. The second-order valence-electron chi connectivity index (χ2n) is 3.81. The van der Waals surface area contributed by atoms with Gasteiger partial charge in [-0.2, -0.15) is 0 Å². The number of nitrogens with two attached hydrogens (primary N) is 1. The number of halogens is 1. The number of nitrogens with one attached hydrogen (secondary N) is 1. The number of rotatable bonds is 2. The minimum atomic E-state index is 0. The molecule has 2 heterocycles. The maximum atomic E-state index is 6.00. The fraction of sp³-hybridized carbons (Fsp3) is 0. The van der Waals surface area contributed by atoms with Crippen molar-refractivity contribution in [2.24, 2.45) is 0 Å². The monoisotopic (exact) mass is 260 g/mol. The topological polar surface area (TPSA) is 50.6 Å². The summed E-state index contributed by atoms with van der Waals surface area (Å²) in [6, 6.07) is 14.0. The van der Waals surface area contributed by atoms with E-state index >= 15 is 0 Å². The van der Waals surface area contributed by atoms with Gasteiger partial charge in [0, 0.05) is 0 Å². The first-order valence-corrected chi connectivity index (χ1v) is 5.44. The highest BCUT2D eigenvalue weighted by molar-refractivity contribution is 5.49. The first-order valence-electron chi connectivity index (χ1n) is 5.44. The number of benzene rings is 1. The molecule has 1 aromatic carbocycles. The van der Waals surface area contributed by atoms with Crippen molar-refractivity contribution < 1.29 is 17.1 Å². The zero-order chi connectivity index (χ0) is 11.7. The van der Waals surface area contributed by atoms with Crippen molar-refractivity contribution >= 4 is 5.69 Å². The van der Waals surface area contributed by atoms with Gasteiger partial charge in [0.1, 0.15) is 5.69 Å². The maximum Gasteiger partial charge on any atom is 0.335 e. The predicted molar refractivity (Wildman–Crippen MR) is 66.1 cm³/mol. The standard InChI is InChI=1S/C13H12N4.ClH/c14-12-10-15-17(11-6-2-1-3-7-11)13(12)16-8-4-5-9-16;/h1-10H,14H2;1H. The largest absolute Gasteiger partial charge is 1.00 e. The molecule has 5 heteroatoms. The molecule has 0 saturated carbocycles. The smallest absolute Gasteiger partial charge is 0.335 e. The van der Waals surface area contributed by atoms with Crippen molar-refractivity contribution in [2.75, 3.05) is 5.73 Å². The van der Waals surface area contributed by atoms with Gasteiger partial charge in [-0.15, -0.1) is 4.68 Å². The molecule has 0 atom stereocenters. The summed E-state index contributed by atoms with van der Waals surface area (Å²) in [6.07, 6.45) is 5.74. The van der Waals surface area contributed by atoms with E-state index in [9.17, 15) is 0 Å². The molecule has 0 aliphatic heterocycles. The minimum absolute atomic E-state index is 0. The van der Waals surface area contributed by atoms with Crippen LogP contribution in [-0.4, -0.2) is 9.67 Å². The van der Waals surface area contributed by atoms with Crippen molar-refractivity contribution in [3.05, 3.63) is 61.1 Å². The lowest BCUT2D eigenvalue weighted by molar-refractivity contribution is -0.649. The molecule has 0 fully saturated rings. The summed E-state index contributed by atoms with van der Waals surface area (Å²) in [6.45, 7) is 0. The number of para-hydroxylation sites is 1. The number of H-pyrrole nitrogens is 1. The Morgan fingerprint density at radius 2 is 1.67 bits per heavy atom. The molecule has 4 nitrogen and oxygen atoms in total. The number of anilines is 1. The van der Waals surface area contributed by atoms with Crippen molar-refractivity contribution in [3.63, 3.8) is 0 Å². The molecule has 0 amide bonds. The second-order valence-corrected chi connectivity index (χ2v) is 3.81. The van der Waals surface area contributed by atoms with Crippen LogP contribution in [-0.2, 0) is 0 Å². The molecule has 18 heavy (non-hydrogen) atoms. The summed E-state index contributed by atoms with van der Waals surface area (Å²) in [4.78, 5) is 0. The fourth-order valence-electron chi connectivity index (χ4n) is 1.90. The average Bonchev–Trinajstić information content (AvgIpc) is 2.99. The van der Waals surface area contributed by atoms with E-state index in [1.807, 2.05) is 64.1 Å². The van der Waals surface area contributed by atoms with Crippen LogP contribution in [0.15, 0.2) is 61.1 Å². The molecule has 0 aliphatic carbocycles. The number of aromatic nitrogens is 3. The van der Waals surface area contributed by atoms with Crippen LogP contribution in [0, 0.1) is 0 Å². The second kappa shape index (κ2) is 4.98. The third-order valence-corrected chi connectivity index (χ3v) is 2.68. The van der Waals surface area contributed by atoms with E-state index in [1.54, 1.807) is 6.20 Å². The summed E-state index contributed by atoms with van der Waals surface area (Å²) in [5.41, 5.74) is 7.76. The first kappa shape index (κ1) is 12.3. The average molecular weight is 261 g/mol. The number of nitrogen functional groups attached to an aromatic ring is 1. The van der Waals surface area contributed by atoms with Gasteiger partial charge in [0.25, 0.3) is 0 Å². The highest BCUT2D eigenvalue weighted by Gasteiger charge is 2.19. The molecule has 0 spiro atoms. The summed E-state index contributed by atoms with van der Waals surface area (Å²) < 4.78 is 3.94. The van der Waals surface area contributed by atoms with Gasteiger partial charge in [0.05, 0.1) is 18.6 Å². The Kier molecular flexibility index (Phi) is 3.39. The quantitative estimate of drug-likeness (QED) is 0.551. The number of hydrogen-bond acceptors (Lipinski definition) is 1. The lowest BCUT2D eigenvalue weighted by atomic mass is 10.3. The zero-order valence-corrected chi connectivity index (χ0v) is 10.4. The zero-order valence-electron chi connectivity index (χ0n) is 9.62. The third-order valence-electron chi connectivity index (χ3n) is 2.68. The Bertz CT molecular complexity index is 614. The Hall–Kier alpha value is -2.20. The molecule has 0 saturated heterocycles. The lowest BCUT2D eigenvalue weighted by Crippen LogP contribution is -3.00. The molecule has 3 aromatic rings. The number of aromatic amines is 1. The highest BCUT2D eigenvalue weighted by atomic mass is 35.5. The van der Waals surface area contributed by atoms with Crippen molar-refractivity contribution in [1.29, 1.82) is 0 Å². The van der Waals surface area contributed by atoms with Gasteiger partial charge in [-0.3, -0.25) is 0 Å².